The number of amides is 1. The Morgan fingerprint density at radius 3 is 2.35 bits per heavy atom. The minimum atomic E-state index is -3.18. The highest BCUT2D eigenvalue weighted by molar-refractivity contribution is 7.90. The van der Waals surface area contributed by atoms with Crippen LogP contribution in [0.2, 0.25) is 0 Å². The molecule has 1 aliphatic rings. The second-order valence-electron chi connectivity index (χ2n) is 6.67. The van der Waals surface area contributed by atoms with E-state index in [4.69, 9.17) is 0 Å². The van der Waals surface area contributed by atoms with Crippen molar-refractivity contribution in [3.63, 3.8) is 0 Å². The average Bonchev–Trinajstić information content (AvgIpc) is 2.53. The fourth-order valence-corrected chi connectivity index (χ4v) is 3.84. The van der Waals surface area contributed by atoms with Crippen molar-refractivity contribution in [1.29, 1.82) is 0 Å². The van der Waals surface area contributed by atoms with Crippen LogP contribution in [0, 0.1) is 5.92 Å². The molecule has 1 aromatic rings. The summed E-state index contributed by atoms with van der Waals surface area (Å²) in [7, 11) is -3.18. The molecule has 1 fully saturated rings. The van der Waals surface area contributed by atoms with Gasteiger partial charge in [-0.15, -0.1) is 0 Å². The quantitative estimate of drug-likeness (QED) is 0.862. The van der Waals surface area contributed by atoms with Gasteiger partial charge in [0.25, 0.3) is 0 Å². The lowest BCUT2D eigenvalue weighted by Crippen LogP contribution is -2.27. The summed E-state index contributed by atoms with van der Waals surface area (Å²) < 4.78 is 22.9. The summed E-state index contributed by atoms with van der Waals surface area (Å²) in [6.07, 6.45) is 9.21. The molecule has 4 nitrogen and oxygen atoms in total. The van der Waals surface area contributed by atoms with Crippen LogP contribution in [-0.2, 0) is 14.6 Å². The first-order valence-corrected chi connectivity index (χ1v) is 10.3. The van der Waals surface area contributed by atoms with Crippen molar-refractivity contribution >= 4 is 15.7 Å². The summed E-state index contributed by atoms with van der Waals surface area (Å²) in [5.41, 5.74) is 0.920. The summed E-state index contributed by atoms with van der Waals surface area (Å²) in [5, 5.41) is 3.01. The Kier molecular flexibility index (Phi) is 6.22. The molecule has 2 rings (SSSR count). The minimum absolute atomic E-state index is 0.0789. The number of hydrogen-bond donors (Lipinski definition) is 1. The fourth-order valence-electron chi connectivity index (χ4n) is 3.21. The number of rotatable bonds is 6. The van der Waals surface area contributed by atoms with Crippen LogP contribution in [0.15, 0.2) is 29.2 Å². The van der Waals surface area contributed by atoms with Crippen LogP contribution in [0.1, 0.15) is 63.5 Å². The van der Waals surface area contributed by atoms with Gasteiger partial charge in [-0.05, 0) is 37.0 Å². The van der Waals surface area contributed by atoms with Crippen LogP contribution >= 0.6 is 0 Å². The van der Waals surface area contributed by atoms with E-state index >= 15 is 0 Å². The molecule has 0 heterocycles. The maximum absolute atomic E-state index is 12.1. The van der Waals surface area contributed by atoms with E-state index < -0.39 is 9.84 Å². The van der Waals surface area contributed by atoms with Gasteiger partial charge in [0.05, 0.1) is 10.9 Å². The van der Waals surface area contributed by atoms with Gasteiger partial charge in [0.15, 0.2) is 9.84 Å². The van der Waals surface area contributed by atoms with Gasteiger partial charge >= 0.3 is 0 Å². The Morgan fingerprint density at radius 2 is 1.78 bits per heavy atom. The van der Waals surface area contributed by atoms with Crippen molar-refractivity contribution in [3.8, 4) is 0 Å². The largest absolute Gasteiger partial charge is 0.350 e. The van der Waals surface area contributed by atoms with Gasteiger partial charge in [0.2, 0.25) is 5.91 Å². The Hall–Kier alpha value is -1.36. The van der Waals surface area contributed by atoms with E-state index in [1.54, 1.807) is 24.3 Å². The van der Waals surface area contributed by atoms with E-state index in [1.165, 1.54) is 38.4 Å². The second-order valence-corrected chi connectivity index (χ2v) is 8.69. The molecule has 0 saturated heterocycles. The number of carbonyl (C=O) groups excluding carboxylic acids is 1. The van der Waals surface area contributed by atoms with Crippen molar-refractivity contribution in [2.75, 3.05) is 6.26 Å². The SMILES string of the molecule is CC(NC(=O)CCC1CCCCC1)c1ccc(S(C)(=O)=O)cc1. The summed E-state index contributed by atoms with van der Waals surface area (Å²) in [4.78, 5) is 12.4. The highest BCUT2D eigenvalue weighted by Crippen LogP contribution is 2.27. The first-order valence-electron chi connectivity index (χ1n) is 8.45. The predicted molar refractivity (Wildman–Crippen MR) is 91.9 cm³/mol. The van der Waals surface area contributed by atoms with E-state index in [1.807, 2.05) is 6.92 Å². The van der Waals surface area contributed by atoms with Gasteiger partial charge in [-0.1, -0.05) is 44.2 Å². The zero-order valence-electron chi connectivity index (χ0n) is 14.0. The Bertz CT molecular complexity index is 616. The molecule has 1 atom stereocenters. The third kappa shape index (κ3) is 5.65. The molecule has 1 aromatic carbocycles. The van der Waals surface area contributed by atoms with Gasteiger partial charge < -0.3 is 5.32 Å². The van der Waals surface area contributed by atoms with Crippen LogP contribution in [0.25, 0.3) is 0 Å². The molecule has 0 radical (unpaired) electrons. The zero-order chi connectivity index (χ0) is 16.9. The highest BCUT2D eigenvalue weighted by atomic mass is 32.2. The normalized spacial score (nSPS) is 17.7. The number of benzene rings is 1. The molecule has 23 heavy (non-hydrogen) atoms. The fraction of sp³-hybridized carbons (Fsp3) is 0.611. The van der Waals surface area contributed by atoms with Gasteiger partial charge in [-0.3, -0.25) is 4.79 Å². The van der Waals surface area contributed by atoms with Crippen molar-refractivity contribution in [1.82, 2.24) is 5.32 Å². The molecule has 0 bridgehead atoms. The van der Waals surface area contributed by atoms with E-state index in [0.29, 0.717) is 17.2 Å². The zero-order valence-corrected chi connectivity index (χ0v) is 14.9. The van der Waals surface area contributed by atoms with Crippen molar-refractivity contribution < 1.29 is 13.2 Å². The van der Waals surface area contributed by atoms with Crippen LogP contribution in [-0.4, -0.2) is 20.6 Å². The molecule has 0 aliphatic heterocycles. The second kappa shape index (κ2) is 7.95. The van der Waals surface area contributed by atoms with Gasteiger partial charge in [-0.25, -0.2) is 8.42 Å². The third-order valence-corrected chi connectivity index (χ3v) is 5.82. The molecule has 1 aliphatic carbocycles. The predicted octanol–water partition coefficient (Wildman–Crippen LogP) is 3.63. The summed E-state index contributed by atoms with van der Waals surface area (Å²) in [6.45, 7) is 1.92. The van der Waals surface area contributed by atoms with Gasteiger partial charge in [-0.2, -0.15) is 0 Å². The minimum Gasteiger partial charge on any atom is -0.350 e. The monoisotopic (exact) mass is 337 g/mol. The third-order valence-electron chi connectivity index (χ3n) is 4.69. The van der Waals surface area contributed by atoms with Crippen molar-refractivity contribution in [3.05, 3.63) is 29.8 Å². The number of sulfone groups is 1. The number of carbonyl (C=O) groups is 1. The molecular weight excluding hydrogens is 310 g/mol. The number of hydrogen-bond acceptors (Lipinski definition) is 3. The molecular formula is C18H27NO3S. The lowest BCUT2D eigenvalue weighted by Gasteiger charge is -2.21. The van der Waals surface area contributed by atoms with Crippen molar-refractivity contribution in [2.45, 2.75) is 62.8 Å². The molecule has 0 aromatic heterocycles. The standard InChI is InChI=1S/C18H27NO3S/c1-14(16-9-11-17(12-10-16)23(2,21)22)19-18(20)13-8-15-6-4-3-5-7-15/h9-12,14-15H,3-8,13H2,1-2H3,(H,19,20). The number of nitrogens with one attached hydrogen (secondary N) is 1. The molecule has 1 unspecified atom stereocenters. The van der Waals surface area contributed by atoms with E-state index in [0.717, 1.165) is 12.0 Å². The summed E-state index contributed by atoms with van der Waals surface area (Å²) in [6, 6.07) is 6.61. The average molecular weight is 337 g/mol. The van der Waals surface area contributed by atoms with Crippen molar-refractivity contribution in [2.24, 2.45) is 5.92 Å². The first kappa shape index (κ1) is 18.0. The maximum Gasteiger partial charge on any atom is 0.220 e. The molecule has 0 spiro atoms. The van der Waals surface area contributed by atoms with E-state index in [2.05, 4.69) is 5.32 Å². The van der Waals surface area contributed by atoms with E-state index in [9.17, 15) is 13.2 Å². The lowest BCUT2D eigenvalue weighted by molar-refractivity contribution is -0.122. The first-order chi connectivity index (χ1) is 10.9. The summed E-state index contributed by atoms with van der Waals surface area (Å²) >= 11 is 0. The summed E-state index contributed by atoms with van der Waals surface area (Å²) in [5.74, 6) is 0.786. The lowest BCUT2D eigenvalue weighted by atomic mass is 9.86. The van der Waals surface area contributed by atoms with Crippen LogP contribution in [0.3, 0.4) is 0 Å². The van der Waals surface area contributed by atoms with Gasteiger partial charge in [0, 0.05) is 12.7 Å². The maximum atomic E-state index is 12.1. The van der Waals surface area contributed by atoms with Crippen LogP contribution in [0.4, 0.5) is 0 Å². The topological polar surface area (TPSA) is 63.2 Å². The smallest absolute Gasteiger partial charge is 0.220 e. The Balaban J connectivity index is 1.83. The molecule has 1 saturated carbocycles. The highest BCUT2D eigenvalue weighted by Gasteiger charge is 2.16. The molecule has 128 valence electrons. The van der Waals surface area contributed by atoms with Crippen LogP contribution < -0.4 is 5.32 Å². The molecule has 1 amide bonds. The Labute approximate surface area is 139 Å². The van der Waals surface area contributed by atoms with E-state index in [-0.39, 0.29) is 11.9 Å². The van der Waals surface area contributed by atoms with Crippen LogP contribution in [0.5, 0.6) is 0 Å². The molecule has 1 N–H and O–H groups in total. The Morgan fingerprint density at radius 1 is 1.17 bits per heavy atom. The van der Waals surface area contributed by atoms with Gasteiger partial charge in [0.1, 0.15) is 0 Å². The molecule has 5 heteroatoms.